The van der Waals surface area contributed by atoms with Gasteiger partial charge < -0.3 is 15.0 Å². The van der Waals surface area contributed by atoms with E-state index in [1.807, 2.05) is 59.0 Å². The molecule has 0 aromatic heterocycles. The summed E-state index contributed by atoms with van der Waals surface area (Å²) < 4.78 is 5.60. The summed E-state index contributed by atoms with van der Waals surface area (Å²) in [5.41, 5.74) is 0.474. The lowest BCUT2D eigenvalue weighted by molar-refractivity contribution is -0.136. The van der Waals surface area contributed by atoms with Crippen LogP contribution in [0.25, 0.3) is 0 Å². The highest BCUT2D eigenvalue weighted by molar-refractivity contribution is 5.85. The number of nitrogens with one attached hydrogen (secondary N) is 1. The summed E-state index contributed by atoms with van der Waals surface area (Å²) in [5, 5.41) is 3.21. The molecule has 0 bridgehead atoms. The molecule has 0 aliphatic carbocycles. The van der Waals surface area contributed by atoms with Gasteiger partial charge in [-0.25, -0.2) is 0 Å². The van der Waals surface area contributed by atoms with E-state index in [1.54, 1.807) is 4.90 Å². The van der Waals surface area contributed by atoms with Gasteiger partial charge in [0, 0.05) is 19.2 Å². The van der Waals surface area contributed by atoms with Crippen LogP contribution in [0.2, 0.25) is 0 Å². The second kappa shape index (κ2) is 7.29. The zero-order valence-electron chi connectivity index (χ0n) is 13.2. The third-order valence-corrected chi connectivity index (χ3v) is 3.18. The molecule has 20 heavy (non-hydrogen) atoms. The highest BCUT2D eigenvalue weighted by atomic mass is 16.5. The van der Waals surface area contributed by atoms with E-state index < -0.39 is 5.54 Å². The molecule has 0 aliphatic heterocycles. The first kappa shape index (κ1) is 16.5. The number of amides is 1. The third-order valence-electron chi connectivity index (χ3n) is 3.18. The predicted molar refractivity (Wildman–Crippen MR) is 81.8 cm³/mol. The second-order valence-electron chi connectivity index (χ2n) is 5.36. The molecule has 0 unspecified atom stereocenters. The first-order chi connectivity index (χ1) is 9.42. The van der Waals surface area contributed by atoms with Crippen molar-refractivity contribution >= 4 is 5.91 Å². The lowest BCUT2D eigenvalue weighted by Crippen LogP contribution is -2.52. The van der Waals surface area contributed by atoms with E-state index in [9.17, 15) is 4.79 Å². The van der Waals surface area contributed by atoms with Gasteiger partial charge in [0.15, 0.2) is 0 Å². The van der Waals surface area contributed by atoms with E-state index in [0.717, 1.165) is 17.9 Å². The number of carbonyl (C=O) groups excluding carboxylic acids is 1. The fourth-order valence-corrected chi connectivity index (χ4v) is 2.25. The first-order valence-electron chi connectivity index (χ1n) is 7.13. The Morgan fingerprint density at radius 1 is 1.30 bits per heavy atom. The van der Waals surface area contributed by atoms with Gasteiger partial charge in [-0.3, -0.25) is 4.79 Å². The van der Waals surface area contributed by atoms with Crippen molar-refractivity contribution in [1.29, 1.82) is 0 Å². The first-order valence-corrected chi connectivity index (χ1v) is 7.13. The van der Waals surface area contributed by atoms with Crippen LogP contribution < -0.4 is 10.1 Å². The van der Waals surface area contributed by atoms with Gasteiger partial charge in [-0.05, 0) is 33.4 Å². The quantitative estimate of drug-likeness (QED) is 0.833. The number of hydrogen-bond donors (Lipinski definition) is 1. The molecule has 0 radical (unpaired) electrons. The largest absolute Gasteiger partial charge is 0.494 e. The minimum absolute atomic E-state index is 0.0747. The Labute approximate surface area is 122 Å². The number of para-hydroxylation sites is 1. The molecule has 0 fully saturated rings. The average Bonchev–Trinajstić information content (AvgIpc) is 2.40. The maximum atomic E-state index is 12.5. The monoisotopic (exact) mass is 278 g/mol. The average molecular weight is 278 g/mol. The molecule has 4 heteroatoms. The van der Waals surface area contributed by atoms with E-state index >= 15 is 0 Å². The van der Waals surface area contributed by atoms with Gasteiger partial charge in [0.05, 0.1) is 12.1 Å². The Bertz CT molecular complexity index is 444. The van der Waals surface area contributed by atoms with Crippen molar-refractivity contribution in [2.45, 2.75) is 39.8 Å². The minimum atomic E-state index is -0.552. The molecule has 0 saturated heterocycles. The van der Waals surface area contributed by atoms with Gasteiger partial charge in [0.2, 0.25) is 5.91 Å². The van der Waals surface area contributed by atoms with Crippen molar-refractivity contribution in [3.63, 3.8) is 0 Å². The van der Waals surface area contributed by atoms with E-state index in [-0.39, 0.29) is 5.91 Å². The smallest absolute Gasteiger partial charge is 0.242 e. The summed E-state index contributed by atoms with van der Waals surface area (Å²) >= 11 is 0. The maximum absolute atomic E-state index is 12.5. The Hall–Kier alpha value is -1.55. The van der Waals surface area contributed by atoms with Gasteiger partial charge in [-0.15, -0.1) is 0 Å². The van der Waals surface area contributed by atoms with Crippen LogP contribution in [0.5, 0.6) is 5.75 Å². The Morgan fingerprint density at radius 3 is 2.55 bits per heavy atom. The van der Waals surface area contributed by atoms with Crippen LogP contribution >= 0.6 is 0 Å². The van der Waals surface area contributed by atoms with Crippen LogP contribution in [-0.4, -0.2) is 36.5 Å². The van der Waals surface area contributed by atoms with Gasteiger partial charge >= 0.3 is 0 Å². The summed E-state index contributed by atoms with van der Waals surface area (Å²) in [7, 11) is 1.82. The summed E-state index contributed by atoms with van der Waals surface area (Å²) in [6, 6.07) is 7.84. The van der Waals surface area contributed by atoms with Crippen LogP contribution in [0.4, 0.5) is 0 Å². The van der Waals surface area contributed by atoms with E-state index in [0.29, 0.717) is 13.2 Å². The molecular formula is C16H26N2O2. The van der Waals surface area contributed by atoms with Gasteiger partial charge in [-0.2, -0.15) is 0 Å². The topological polar surface area (TPSA) is 41.6 Å². The van der Waals surface area contributed by atoms with Gasteiger partial charge in [-0.1, -0.05) is 25.1 Å². The van der Waals surface area contributed by atoms with E-state index in [4.69, 9.17) is 4.74 Å². The van der Waals surface area contributed by atoms with Crippen molar-refractivity contribution in [2.75, 3.05) is 20.2 Å². The standard InChI is InChI=1S/C16H26N2O2/c1-6-17-16(3,4)15(19)18(5)12-13-10-8-9-11-14(13)20-7-2/h8-11,17H,6-7,12H2,1-5H3. The van der Waals surface area contributed by atoms with E-state index in [2.05, 4.69) is 5.32 Å². The Morgan fingerprint density at radius 2 is 1.95 bits per heavy atom. The predicted octanol–water partition coefficient (Wildman–Crippen LogP) is 2.43. The van der Waals surface area contributed by atoms with Gasteiger partial charge in [0.1, 0.15) is 5.75 Å². The fraction of sp³-hybridized carbons (Fsp3) is 0.562. The van der Waals surface area contributed by atoms with Crippen LogP contribution in [0, 0.1) is 0 Å². The molecule has 112 valence electrons. The SMILES string of the molecule is CCNC(C)(C)C(=O)N(C)Cc1ccccc1OCC. The molecule has 1 N–H and O–H groups in total. The Balaban J connectivity index is 2.80. The molecule has 1 rings (SSSR count). The van der Waals surface area contributed by atoms with Crippen molar-refractivity contribution in [2.24, 2.45) is 0 Å². The number of hydrogen-bond acceptors (Lipinski definition) is 3. The number of carbonyl (C=O) groups is 1. The molecule has 0 spiro atoms. The van der Waals surface area contributed by atoms with Crippen molar-refractivity contribution in [3.05, 3.63) is 29.8 Å². The lowest BCUT2D eigenvalue weighted by Gasteiger charge is -2.30. The zero-order chi connectivity index (χ0) is 15.2. The van der Waals surface area contributed by atoms with Crippen LogP contribution in [-0.2, 0) is 11.3 Å². The molecule has 0 saturated carbocycles. The molecule has 0 heterocycles. The Kier molecular flexibility index (Phi) is 6.02. The highest BCUT2D eigenvalue weighted by Crippen LogP contribution is 2.20. The number of rotatable bonds is 7. The zero-order valence-corrected chi connectivity index (χ0v) is 13.2. The van der Waals surface area contributed by atoms with E-state index in [1.165, 1.54) is 0 Å². The van der Waals surface area contributed by atoms with Gasteiger partial charge in [0.25, 0.3) is 0 Å². The summed E-state index contributed by atoms with van der Waals surface area (Å²) in [4.78, 5) is 14.2. The third kappa shape index (κ3) is 4.23. The highest BCUT2D eigenvalue weighted by Gasteiger charge is 2.29. The summed E-state index contributed by atoms with van der Waals surface area (Å²) in [6.45, 7) is 9.70. The van der Waals surface area contributed by atoms with Crippen LogP contribution in [0.3, 0.4) is 0 Å². The maximum Gasteiger partial charge on any atom is 0.242 e. The summed E-state index contributed by atoms with van der Waals surface area (Å²) in [6.07, 6.45) is 0. The molecule has 1 aromatic rings. The van der Waals surface area contributed by atoms with Crippen molar-refractivity contribution < 1.29 is 9.53 Å². The number of nitrogens with zero attached hydrogens (tertiary/aromatic N) is 1. The number of ether oxygens (including phenoxy) is 1. The second-order valence-corrected chi connectivity index (χ2v) is 5.36. The molecule has 1 aromatic carbocycles. The normalized spacial score (nSPS) is 11.2. The molecule has 4 nitrogen and oxygen atoms in total. The minimum Gasteiger partial charge on any atom is -0.494 e. The molecule has 1 amide bonds. The number of likely N-dealkylation sites (N-methyl/N-ethyl adjacent to an activating group) is 2. The van der Waals surface area contributed by atoms with Crippen LogP contribution in [0.1, 0.15) is 33.3 Å². The molecule has 0 atom stereocenters. The lowest BCUT2D eigenvalue weighted by atomic mass is 10.0. The fourth-order valence-electron chi connectivity index (χ4n) is 2.25. The van der Waals surface area contributed by atoms with Crippen molar-refractivity contribution in [1.82, 2.24) is 10.2 Å². The molecular weight excluding hydrogens is 252 g/mol. The van der Waals surface area contributed by atoms with Crippen molar-refractivity contribution in [3.8, 4) is 5.75 Å². The summed E-state index contributed by atoms with van der Waals surface area (Å²) in [5.74, 6) is 0.918. The van der Waals surface area contributed by atoms with Crippen LogP contribution in [0.15, 0.2) is 24.3 Å². The number of benzene rings is 1. The molecule has 0 aliphatic rings.